The van der Waals surface area contributed by atoms with E-state index in [-0.39, 0.29) is 12.1 Å². The molecule has 0 saturated heterocycles. The zero-order valence-corrected chi connectivity index (χ0v) is 12.2. The van der Waals surface area contributed by atoms with Crippen LogP contribution in [-0.4, -0.2) is 36.9 Å². The van der Waals surface area contributed by atoms with E-state index in [0.717, 1.165) is 45.2 Å². The minimum atomic E-state index is -0.106. The van der Waals surface area contributed by atoms with E-state index in [1.54, 1.807) is 0 Å². The third-order valence-electron chi connectivity index (χ3n) is 3.82. The van der Waals surface area contributed by atoms with Crippen molar-refractivity contribution in [2.45, 2.75) is 64.4 Å². The molecule has 0 aromatic rings. The highest BCUT2D eigenvalue weighted by atomic mass is 16.5. The van der Waals surface area contributed by atoms with E-state index in [1.165, 1.54) is 12.8 Å². The van der Waals surface area contributed by atoms with Gasteiger partial charge in [-0.15, -0.1) is 0 Å². The van der Waals surface area contributed by atoms with Gasteiger partial charge in [0.25, 0.3) is 0 Å². The van der Waals surface area contributed by atoms with Gasteiger partial charge >= 0.3 is 5.97 Å². The summed E-state index contributed by atoms with van der Waals surface area (Å²) in [7, 11) is 0. The Hall–Kier alpha value is -0.610. The maximum Gasteiger partial charge on any atom is 0.305 e. The second kappa shape index (κ2) is 10.2. The molecule has 1 fully saturated rings. The highest BCUT2D eigenvalue weighted by molar-refractivity contribution is 5.69. The molecule has 4 heteroatoms. The number of rotatable bonds is 9. The molecule has 1 rings (SSSR count). The van der Waals surface area contributed by atoms with Crippen LogP contribution in [0.3, 0.4) is 0 Å². The number of esters is 1. The Morgan fingerprint density at radius 1 is 1.26 bits per heavy atom. The molecule has 112 valence electrons. The molecule has 0 aromatic carbocycles. The zero-order chi connectivity index (χ0) is 13.9. The Morgan fingerprint density at radius 2 is 2.05 bits per heavy atom. The summed E-state index contributed by atoms with van der Waals surface area (Å²) in [6.45, 7) is 4.22. The molecule has 19 heavy (non-hydrogen) atoms. The lowest BCUT2D eigenvalue weighted by Gasteiger charge is -2.27. The van der Waals surface area contributed by atoms with Gasteiger partial charge in [0.05, 0.1) is 12.7 Å². The summed E-state index contributed by atoms with van der Waals surface area (Å²) in [5.74, 6) is 0.356. The van der Waals surface area contributed by atoms with E-state index < -0.39 is 0 Å². The van der Waals surface area contributed by atoms with Crippen LogP contribution in [0.25, 0.3) is 0 Å². The van der Waals surface area contributed by atoms with Crippen molar-refractivity contribution in [1.29, 1.82) is 0 Å². The van der Waals surface area contributed by atoms with E-state index >= 15 is 0 Å². The number of hydrogen-bond acceptors (Lipinski definition) is 4. The highest BCUT2D eigenvalue weighted by Crippen LogP contribution is 2.23. The molecule has 0 aromatic heterocycles. The Labute approximate surface area is 116 Å². The molecular formula is C15H29NO3. The Morgan fingerprint density at radius 3 is 2.79 bits per heavy atom. The number of carbonyl (C=O) groups excluding carboxylic acids is 1. The molecule has 1 saturated carbocycles. The molecule has 2 N–H and O–H groups in total. The Bertz CT molecular complexity index is 246. The first-order valence-electron chi connectivity index (χ1n) is 7.78. The monoisotopic (exact) mass is 271 g/mol. The fraction of sp³-hybridized carbons (Fsp3) is 0.933. The van der Waals surface area contributed by atoms with Crippen molar-refractivity contribution in [3.05, 3.63) is 0 Å². The van der Waals surface area contributed by atoms with Crippen LogP contribution in [0, 0.1) is 5.92 Å². The first-order chi connectivity index (χ1) is 9.24. The summed E-state index contributed by atoms with van der Waals surface area (Å²) in [5, 5.41) is 13.3. The summed E-state index contributed by atoms with van der Waals surface area (Å²) < 4.78 is 4.88. The van der Waals surface area contributed by atoms with Gasteiger partial charge in [0, 0.05) is 13.0 Å². The molecule has 1 aliphatic carbocycles. The van der Waals surface area contributed by atoms with Crippen molar-refractivity contribution in [1.82, 2.24) is 5.32 Å². The molecule has 1 aliphatic rings. The predicted molar refractivity (Wildman–Crippen MR) is 75.9 cm³/mol. The second-order valence-corrected chi connectivity index (χ2v) is 5.43. The predicted octanol–water partition coefficient (Wildman–Crippen LogP) is 2.25. The lowest BCUT2D eigenvalue weighted by Crippen LogP contribution is -2.34. The van der Waals surface area contributed by atoms with E-state index in [2.05, 4.69) is 5.32 Å². The zero-order valence-electron chi connectivity index (χ0n) is 12.2. The van der Waals surface area contributed by atoms with E-state index in [0.29, 0.717) is 18.9 Å². The summed E-state index contributed by atoms with van der Waals surface area (Å²) in [4.78, 5) is 11.1. The van der Waals surface area contributed by atoms with Gasteiger partial charge in [-0.25, -0.2) is 0 Å². The van der Waals surface area contributed by atoms with Crippen LogP contribution in [0.15, 0.2) is 0 Å². The summed E-state index contributed by atoms with van der Waals surface area (Å²) >= 11 is 0. The fourth-order valence-electron chi connectivity index (χ4n) is 2.64. The second-order valence-electron chi connectivity index (χ2n) is 5.43. The standard InChI is InChI=1S/C15H29NO3/c1-2-19-15(18)10-4-3-7-11-16-12-13-8-5-6-9-14(13)17/h13-14,16-17H,2-12H2,1H3. The van der Waals surface area contributed by atoms with Crippen molar-refractivity contribution in [2.75, 3.05) is 19.7 Å². The molecule has 0 aliphatic heterocycles. The van der Waals surface area contributed by atoms with Gasteiger partial charge < -0.3 is 15.2 Å². The van der Waals surface area contributed by atoms with Crippen LogP contribution in [0.4, 0.5) is 0 Å². The maximum absolute atomic E-state index is 11.1. The molecule has 4 nitrogen and oxygen atoms in total. The van der Waals surface area contributed by atoms with Gasteiger partial charge in [0.2, 0.25) is 0 Å². The first kappa shape index (κ1) is 16.4. The molecule has 0 radical (unpaired) electrons. The average molecular weight is 271 g/mol. The van der Waals surface area contributed by atoms with Crippen LogP contribution in [0.2, 0.25) is 0 Å². The quantitative estimate of drug-likeness (QED) is 0.499. The van der Waals surface area contributed by atoms with Crippen molar-refractivity contribution in [2.24, 2.45) is 5.92 Å². The van der Waals surface area contributed by atoms with Gasteiger partial charge in [0.15, 0.2) is 0 Å². The number of carbonyl (C=O) groups is 1. The number of aliphatic hydroxyl groups is 1. The third-order valence-corrected chi connectivity index (χ3v) is 3.82. The lowest BCUT2D eigenvalue weighted by atomic mass is 9.86. The van der Waals surface area contributed by atoms with Crippen LogP contribution < -0.4 is 5.32 Å². The van der Waals surface area contributed by atoms with E-state index in [1.807, 2.05) is 6.92 Å². The number of unbranched alkanes of at least 4 members (excludes halogenated alkanes) is 2. The van der Waals surface area contributed by atoms with Crippen LogP contribution in [0.5, 0.6) is 0 Å². The minimum absolute atomic E-state index is 0.0826. The number of ether oxygens (including phenoxy) is 1. The van der Waals surface area contributed by atoms with Crippen LogP contribution in [0.1, 0.15) is 58.3 Å². The number of nitrogens with one attached hydrogen (secondary N) is 1. The Kier molecular flexibility index (Phi) is 8.84. The lowest BCUT2D eigenvalue weighted by molar-refractivity contribution is -0.143. The average Bonchev–Trinajstić information content (AvgIpc) is 2.40. The summed E-state index contributed by atoms with van der Waals surface area (Å²) in [6, 6.07) is 0. The Balaban J connectivity index is 1.89. The van der Waals surface area contributed by atoms with Crippen molar-refractivity contribution in [3.8, 4) is 0 Å². The molecule has 0 amide bonds. The van der Waals surface area contributed by atoms with Gasteiger partial charge in [0.1, 0.15) is 0 Å². The molecule has 0 spiro atoms. The smallest absolute Gasteiger partial charge is 0.305 e. The van der Waals surface area contributed by atoms with Crippen LogP contribution >= 0.6 is 0 Å². The van der Waals surface area contributed by atoms with E-state index in [4.69, 9.17) is 4.74 Å². The molecule has 2 unspecified atom stereocenters. The minimum Gasteiger partial charge on any atom is -0.466 e. The van der Waals surface area contributed by atoms with Gasteiger partial charge in [-0.3, -0.25) is 4.79 Å². The SMILES string of the molecule is CCOC(=O)CCCCCNCC1CCCCC1O. The maximum atomic E-state index is 11.1. The summed E-state index contributed by atoms with van der Waals surface area (Å²) in [5.41, 5.74) is 0. The van der Waals surface area contributed by atoms with E-state index in [9.17, 15) is 9.90 Å². The molecule has 0 bridgehead atoms. The number of aliphatic hydroxyl groups excluding tert-OH is 1. The number of hydrogen-bond donors (Lipinski definition) is 2. The molecular weight excluding hydrogens is 242 g/mol. The first-order valence-corrected chi connectivity index (χ1v) is 7.78. The molecule has 0 heterocycles. The van der Waals surface area contributed by atoms with Crippen molar-refractivity contribution < 1.29 is 14.6 Å². The van der Waals surface area contributed by atoms with Crippen LogP contribution in [-0.2, 0) is 9.53 Å². The van der Waals surface area contributed by atoms with Crippen molar-refractivity contribution in [3.63, 3.8) is 0 Å². The molecule has 2 atom stereocenters. The van der Waals surface area contributed by atoms with Crippen molar-refractivity contribution >= 4 is 5.97 Å². The van der Waals surface area contributed by atoms with Gasteiger partial charge in [-0.05, 0) is 45.1 Å². The summed E-state index contributed by atoms with van der Waals surface area (Å²) in [6.07, 6.45) is 8.02. The fourth-order valence-corrected chi connectivity index (χ4v) is 2.64. The van der Waals surface area contributed by atoms with Gasteiger partial charge in [-0.2, -0.15) is 0 Å². The van der Waals surface area contributed by atoms with Gasteiger partial charge in [-0.1, -0.05) is 19.3 Å². The largest absolute Gasteiger partial charge is 0.466 e. The highest BCUT2D eigenvalue weighted by Gasteiger charge is 2.22. The third kappa shape index (κ3) is 7.53. The topological polar surface area (TPSA) is 58.6 Å². The normalized spacial score (nSPS) is 23.3.